The van der Waals surface area contributed by atoms with Crippen molar-refractivity contribution in [3.63, 3.8) is 0 Å². The number of rotatable bonds is 10. The highest BCUT2D eigenvalue weighted by molar-refractivity contribution is 6.31. The second kappa shape index (κ2) is 10.5. The fourth-order valence-electron chi connectivity index (χ4n) is 2.71. The van der Waals surface area contributed by atoms with E-state index < -0.39 is 4.92 Å². The molecule has 0 amide bonds. The van der Waals surface area contributed by atoms with E-state index >= 15 is 0 Å². The molecule has 29 heavy (non-hydrogen) atoms. The third-order valence-corrected chi connectivity index (χ3v) is 4.68. The molecule has 0 saturated carbocycles. The minimum Gasteiger partial charge on any atom is -0.489 e. The van der Waals surface area contributed by atoms with Gasteiger partial charge in [0.05, 0.1) is 4.92 Å². The van der Waals surface area contributed by atoms with Gasteiger partial charge in [-0.2, -0.15) is 0 Å². The zero-order valence-electron chi connectivity index (χ0n) is 15.8. The smallest absolute Gasteiger partial charge is 0.269 e. The van der Waals surface area contributed by atoms with Crippen molar-refractivity contribution < 1.29 is 9.66 Å². The summed E-state index contributed by atoms with van der Waals surface area (Å²) in [5, 5.41) is 17.9. The lowest BCUT2D eigenvalue weighted by Gasteiger charge is -2.10. The van der Waals surface area contributed by atoms with Crippen molar-refractivity contribution in [2.75, 3.05) is 18.4 Å². The average molecular weight is 412 g/mol. The maximum absolute atomic E-state index is 10.6. The summed E-state index contributed by atoms with van der Waals surface area (Å²) in [7, 11) is 0. The Kier molecular flexibility index (Phi) is 7.44. The summed E-state index contributed by atoms with van der Waals surface area (Å²) >= 11 is 6.14. The number of hydrogen-bond acceptors (Lipinski definition) is 5. The van der Waals surface area contributed by atoms with Crippen molar-refractivity contribution in [2.24, 2.45) is 0 Å². The standard InChI is InChI=1S/C22H22ClN3O3/c23-22-4-2-1-3-18(22)16-29-21-11-5-17(6-12-21)15-24-13-14-25-19-7-9-20(10-8-19)26(27)28/h1-12,24-25H,13-16H2. The molecule has 6 nitrogen and oxygen atoms in total. The fraction of sp³-hybridized carbons (Fsp3) is 0.182. The Hall–Kier alpha value is -3.09. The number of nitrogens with one attached hydrogen (secondary N) is 2. The molecule has 0 atom stereocenters. The number of nitro benzene ring substituents is 1. The van der Waals surface area contributed by atoms with Crippen LogP contribution in [0.2, 0.25) is 5.02 Å². The Bertz CT molecular complexity index is 931. The van der Waals surface area contributed by atoms with Crippen LogP contribution in [-0.2, 0) is 13.2 Å². The van der Waals surface area contributed by atoms with Crippen molar-refractivity contribution in [3.8, 4) is 5.75 Å². The van der Waals surface area contributed by atoms with Crippen LogP contribution in [0.25, 0.3) is 0 Å². The van der Waals surface area contributed by atoms with Gasteiger partial charge in [-0.1, -0.05) is 41.9 Å². The SMILES string of the molecule is O=[N+]([O-])c1ccc(NCCNCc2ccc(OCc3ccccc3Cl)cc2)cc1. The van der Waals surface area contributed by atoms with E-state index in [1.165, 1.54) is 12.1 Å². The van der Waals surface area contributed by atoms with Crippen LogP contribution in [0, 0.1) is 10.1 Å². The quantitative estimate of drug-likeness (QED) is 0.278. The van der Waals surface area contributed by atoms with Gasteiger partial charge >= 0.3 is 0 Å². The number of ether oxygens (including phenoxy) is 1. The first-order valence-corrected chi connectivity index (χ1v) is 9.64. The molecule has 0 unspecified atom stereocenters. The van der Waals surface area contributed by atoms with Gasteiger partial charge in [-0.25, -0.2) is 0 Å². The molecule has 0 saturated heterocycles. The normalized spacial score (nSPS) is 10.5. The number of hydrogen-bond donors (Lipinski definition) is 2. The van der Waals surface area contributed by atoms with E-state index in [1.807, 2.05) is 48.5 Å². The summed E-state index contributed by atoms with van der Waals surface area (Å²) in [6.07, 6.45) is 0. The van der Waals surface area contributed by atoms with Gasteiger partial charge in [0.15, 0.2) is 0 Å². The fourth-order valence-corrected chi connectivity index (χ4v) is 2.90. The van der Waals surface area contributed by atoms with Gasteiger partial charge in [0.2, 0.25) is 0 Å². The Balaban J connectivity index is 1.35. The second-order valence-electron chi connectivity index (χ2n) is 6.43. The number of nitro groups is 1. The monoisotopic (exact) mass is 411 g/mol. The first kappa shape index (κ1) is 20.6. The second-order valence-corrected chi connectivity index (χ2v) is 6.84. The molecule has 2 N–H and O–H groups in total. The van der Waals surface area contributed by atoms with Crippen LogP contribution >= 0.6 is 11.6 Å². The summed E-state index contributed by atoms with van der Waals surface area (Å²) < 4.78 is 5.79. The van der Waals surface area contributed by atoms with Crippen LogP contribution in [0.15, 0.2) is 72.8 Å². The molecule has 3 aromatic carbocycles. The van der Waals surface area contributed by atoms with Crippen LogP contribution in [0.3, 0.4) is 0 Å². The van der Waals surface area contributed by atoms with Gasteiger partial charge < -0.3 is 15.4 Å². The van der Waals surface area contributed by atoms with E-state index in [4.69, 9.17) is 16.3 Å². The summed E-state index contributed by atoms with van der Waals surface area (Å²) in [5.74, 6) is 0.800. The van der Waals surface area contributed by atoms with Crippen LogP contribution in [0.5, 0.6) is 5.75 Å². The molecule has 3 rings (SSSR count). The van der Waals surface area contributed by atoms with Gasteiger partial charge in [-0.05, 0) is 35.9 Å². The molecular weight excluding hydrogens is 390 g/mol. The Morgan fingerprint density at radius 3 is 2.34 bits per heavy atom. The maximum atomic E-state index is 10.6. The molecule has 0 spiro atoms. The number of halogens is 1. The van der Waals surface area contributed by atoms with E-state index in [0.717, 1.165) is 42.2 Å². The molecule has 150 valence electrons. The van der Waals surface area contributed by atoms with Crippen LogP contribution in [0.4, 0.5) is 11.4 Å². The molecule has 0 aliphatic rings. The number of nitrogens with zero attached hydrogens (tertiary/aromatic N) is 1. The van der Waals surface area contributed by atoms with Crippen molar-refractivity contribution in [3.05, 3.63) is 99.1 Å². The molecule has 0 aromatic heterocycles. The molecule has 3 aromatic rings. The third-order valence-electron chi connectivity index (χ3n) is 4.31. The Morgan fingerprint density at radius 1 is 0.931 bits per heavy atom. The average Bonchev–Trinajstić information content (AvgIpc) is 2.74. The molecule has 0 aliphatic carbocycles. The van der Waals surface area contributed by atoms with E-state index in [9.17, 15) is 10.1 Å². The first-order chi connectivity index (χ1) is 14.1. The van der Waals surface area contributed by atoms with Gasteiger partial charge in [0.25, 0.3) is 5.69 Å². The first-order valence-electron chi connectivity index (χ1n) is 9.26. The largest absolute Gasteiger partial charge is 0.489 e. The maximum Gasteiger partial charge on any atom is 0.269 e. The lowest BCUT2D eigenvalue weighted by molar-refractivity contribution is -0.384. The van der Waals surface area contributed by atoms with Gasteiger partial charge in [0.1, 0.15) is 12.4 Å². The van der Waals surface area contributed by atoms with Gasteiger partial charge in [-0.15, -0.1) is 0 Å². The highest BCUT2D eigenvalue weighted by Crippen LogP contribution is 2.19. The molecule has 7 heteroatoms. The van der Waals surface area contributed by atoms with E-state index in [1.54, 1.807) is 12.1 Å². The number of anilines is 1. The predicted octanol–water partition coefficient (Wildman–Crippen LogP) is 5.03. The van der Waals surface area contributed by atoms with Gasteiger partial charge in [-0.3, -0.25) is 10.1 Å². The van der Waals surface area contributed by atoms with Crippen LogP contribution in [-0.4, -0.2) is 18.0 Å². The highest BCUT2D eigenvalue weighted by Gasteiger charge is 2.03. The summed E-state index contributed by atoms with van der Waals surface area (Å²) in [6, 6.07) is 22.0. The predicted molar refractivity (Wildman–Crippen MR) is 116 cm³/mol. The number of benzene rings is 3. The molecule has 0 fully saturated rings. The van der Waals surface area contributed by atoms with Crippen molar-refractivity contribution >= 4 is 23.0 Å². The molecule has 0 radical (unpaired) electrons. The van der Waals surface area contributed by atoms with Crippen molar-refractivity contribution in [1.29, 1.82) is 0 Å². The van der Waals surface area contributed by atoms with Crippen molar-refractivity contribution in [1.82, 2.24) is 5.32 Å². The molecule has 0 aliphatic heterocycles. The lowest BCUT2D eigenvalue weighted by atomic mass is 10.2. The lowest BCUT2D eigenvalue weighted by Crippen LogP contribution is -2.21. The van der Waals surface area contributed by atoms with E-state index in [-0.39, 0.29) is 5.69 Å². The minimum atomic E-state index is -0.404. The van der Waals surface area contributed by atoms with Gasteiger partial charge in [0, 0.05) is 48.0 Å². The zero-order valence-corrected chi connectivity index (χ0v) is 16.6. The molecule has 0 bridgehead atoms. The van der Waals surface area contributed by atoms with Crippen LogP contribution in [0.1, 0.15) is 11.1 Å². The third kappa shape index (κ3) is 6.48. The summed E-state index contributed by atoms with van der Waals surface area (Å²) in [4.78, 5) is 10.2. The Labute approximate surface area is 174 Å². The number of non-ortho nitro benzene ring substituents is 1. The molecule has 0 heterocycles. The minimum absolute atomic E-state index is 0.0907. The Morgan fingerprint density at radius 2 is 1.66 bits per heavy atom. The van der Waals surface area contributed by atoms with E-state index in [0.29, 0.717) is 11.6 Å². The highest BCUT2D eigenvalue weighted by atomic mass is 35.5. The topological polar surface area (TPSA) is 76.4 Å². The molecular formula is C22H22ClN3O3. The summed E-state index contributed by atoms with van der Waals surface area (Å²) in [6.45, 7) is 2.66. The summed E-state index contributed by atoms with van der Waals surface area (Å²) in [5.41, 5.74) is 3.07. The van der Waals surface area contributed by atoms with Crippen molar-refractivity contribution in [2.45, 2.75) is 13.2 Å². The zero-order chi connectivity index (χ0) is 20.5. The van der Waals surface area contributed by atoms with E-state index in [2.05, 4.69) is 10.6 Å². The van der Waals surface area contributed by atoms with Crippen LogP contribution < -0.4 is 15.4 Å².